The molecule has 2 N–H and O–H groups in total. The summed E-state index contributed by atoms with van der Waals surface area (Å²) in [5.74, 6) is 0.126. The first kappa shape index (κ1) is 23.2. The topological polar surface area (TPSA) is 49.3 Å². The van der Waals surface area contributed by atoms with Crippen LogP contribution < -0.4 is 5.32 Å². The fraction of sp³-hybridized carbons (Fsp3) is 0.857. The third-order valence-electron chi connectivity index (χ3n) is 4.32. The summed E-state index contributed by atoms with van der Waals surface area (Å²) >= 11 is 0. The second-order valence-corrected chi connectivity index (χ2v) is 6.76. The largest absolute Gasteiger partial charge is 0.396 e. The lowest BCUT2D eigenvalue weighted by Crippen LogP contribution is -2.24. The fourth-order valence-electron chi connectivity index (χ4n) is 2.75. The van der Waals surface area contributed by atoms with E-state index in [1.165, 1.54) is 70.6 Å². The molecule has 0 aliphatic carbocycles. The molecule has 0 heterocycles. The number of carbonyl (C=O) groups excluding carboxylic acids is 1. The van der Waals surface area contributed by atoms with Crippen LogP contribution in [0.3, 0.4) is 0 Å². The van der Waals surface area contributed by atoms with Crippen molar-refractivity contribution >= 4 is 5.91 Å². The Morgan fingerprint density at radius 2 is 1.33 bits per heavy atom. The quantitative estimate of drug-likeness (QED) is 0.255. The summed E-state index contributed by atoms with van der Waals surface area (Å²) in [4.78, 5) is 11.4. The lowest BCUT2D eigenvalue weighted by molar-refractivity contribution is -0.121. The van der Waals surface area contributed by atoms with Crippen LogP contribution in [-0.2, 0) is 4.79 Å². The second kappa shape index (κ2) is 20.2. The van der Waals surface area contributed by atoms with Crippen LogP contribution in [-0.4, -0.2) is 24.2 Å². The minimum Gasteiger partial charge on any atom is -0.396 e. The van der Waals surface area contributed by atoms with E-state index >= 15 is 0 Å². The highest BCUT2D eigenvalue weighted by molar-refractivity contribution is 5.75. The number of rotatable bonds is 18. The van der Waals surface area contributed by atoms with Gasteiger partial charge in [0.25, 0.3) is 0 Å². The summed E-state index contributed by atoms with van der Waals surface area (Å²) < 4.78 is 0. The van der Waals surface area contributed by atoms with Crippen molar-refractivity contribution < 1.29 is 9.90 Å². The molecule has 0 saturated heterocycles. The third-order valence-corrected chi connectivity index (χ3v) is 4.32. The summed E-state index contributed by atoms with van der Waals surface area (Å²) in [7, 11) is 0. The van der Waals surface area contributed by atoms with Gasteiger partial charge in [0.1, 0.15) is 0 Å². The van der Waals surface area contributed by atoms with Crippen molar-refractivity contribution in [3.8, 4) is 0 Å². The molecule has 24 heavy (non-hydrogen) atoms. The van der Waals surface area contributed by atoms with Gasteiger partial charge in [-0.2, -0.15) is 0 Å². The molecule has 0 aromatic carbocycles. The Hall–Kier alpha value is -0.830. The van der Waals surface area contributed by atoms with Crippen molar-refractivity contribution in [3.05, 3.63) is 12.2 Å². The highest BCUT2D eigenvalue weighted by Crippen LogP contribution is 2.09. The molecule has 0 aromatic heterocycles. The van der Waals surface area contributed by atoms with Crippen LogP contribution in [0.2, 0.25) is 0 Å². The predicted molar refractivity (Wildman–Crippen MR) is 104 cm³/mol. The summed E-state index contributed by atoms with van der Waals surface area (Å²) in [6.07, 6.45) is 22.6. The van der Waals surface area contributed by atoms with Gasteiger partial charge < -0.3 is 10.4 Å². The van der Waals surface area contributed by atoms with Crippen molar-refractivity contribution in [3.63, 3.8) is 0 Å². The van der Waals surface area contributed by atoms with Crippen molar-refractivity contribution in [2.75, 3.05) is 13.2 Å². The SMILES string of the molecule is CCCCCCCCC=CCCCCCCCC(=O)NCCCO. The molecule has 0 aliphatic rings. The summed E-state index contributed by atoms with van der Waals surface area (Å²) in [6, 6.07) is 0. The fourth-order valence-corrected chi connectivity index (χ4v) is 2.75. The molecule has 3 heteroatoms. The first-order valence-electron chi connectivity index (χ1n) is 10.3. The van der Waals surface area contributed by atoms with E-state index in [-0.39, 0.29) is 12.5 Å². The number of hydrogen-bond acceptors (Lipinski definition) is 2. The number of aliphatic hydroxyl groups excluding tert-OH is 1. The zero-order valence-corrected chi connectivity index (χ0v) is 16.0. The van der Waals surface area contributed by atoms with Crippen LogP contribution in [0, 0.1) is 0 Å². The highest BCUT2D eigenvalue weighted by Gasteiger charge is 1.99. The number of aliphatic hydroxyl groups is 1. The molecule has 0 fully saturated rings. The normalized spacial score (nSPS) is 11.2. The van der Waals surface area contributed by atoms with E-state index in [1.807, 2.05) is 0 Å². The zero-order chi connectivity index (χ0) is 17.7. The van der Waals surface area contributed by atoms with Crippen molar-refractivity contribution in [2.24, 2.45) is 0 Å². The Kier molecular flexibility index (Phi) is 19.5. The minimum atomic E-state index is 0.126. The van der Waals surface area contributed by atoms with Crippen molar-refractivity contribution in [1.82, 2.24) is 5.32 Å². The van der Waals surface area contributed by atoms with E-state index < -0.39 is 0 Å². The molecule has 1 amide bonds. The Labute approximate surface area is 150 Å². The van der Waals surface area contributed by atoms with E-state index in [1.54, 1.807) is 0 Å². The monoisotopic (exact) mass is 339 g/mol. The first-order chi connectivity index (χ1) is 11.8. The van der Waals surface area contributed by atoms with Crippen LogP contribution in [0.15, 0.2) is 12.2 Å². The van der Waals surface area contributed by atoms with E-state index in [4.69, 9.17) is 5.11 Å². The number of nitrogens with one attached hydrogen (secondary N) is 1. The van der Waals surface area contributed by atoms with Crippen LogP contribution >= 0.6 is 0 Å². The molecular formula is C21H41NO2. The maximum atomic E-state index is 11.4. The van der Waals surface area contributed by atoms with Gasteiger partial charge >= 0.3 is 0 Å². The Morgan fingerprint density at radius 3 is 1.92 bits per heavy atom. The number of hydrogen-bond donors (Lipinski definition) is 2. The molecule has 0 saturated carbocycles. The van der Waals surface area contributed by atoms with E-state index in [0.29, 0.717) is 19.4 Å². The van der Waals surface area contributed by atoms with Crippen LogP contribution in [0.4, 0.5) is 0 Å². The van der Waals surface area contributed by atoms with E-state index in [0.717, 1.165) is 12.8 Å². The molecule has 0 radical (unpaired) electrons. The Bertz CT molecular complexity index is 290. The van der Waals surface area contributed by atoms with Gasteiger partial charge in [0.2, 0.25) is 5.91 Å². The van der Waals surface area contributed by atoms with Crippen LogP contribution in [0.1, 0.15) is 103 Å². The summed E-state index contributed by atoms with van der Waals surface area (Å²) in [6.45, 7) is 3.01. The number of unbranched alkanes of at least 4 members (excludes halogenated alkanes) is 11. The molecule has 0 rings (SSSR count). The zero-order valence-electron chi connectivity index (χ0n) is 16.0. The lowest BCUT2D eigenvalue weighted by atomic mass is 10.1. The molecule has 142 valence electrons. The van der Waals surface area contributed by atoms with E-state index in [9.17, 15) is 4.79 Å². The maximum absolute atomic E-state index is 11.4. The maximum Gasteiger partial charge on any atom is 0.219 e. The van der Waals surface area contributed by atoms with Gasteiger partial charge in [-0.15, -0.1) is 0 Å². The smallest absolute Gasteiger partial charge is 0.219 e. The van der Waals surface area contributed by atoms with Gasteiger partial charge in [-0.3, -0.25) is 4.79 Å². The Morgan fingerprint density at radius 1 is 0.792 bits per heavy atom. The highest BCUT2D eigenvalue weighted by atomic mass is 16.3. The molecule has 0 spiro atoms. The van der Waals surface area contributed by atoms with Gasteiger partial charge in [0.05, 0.1) is 0 Å². The average molecular weight is 340 g/mol. The standard InChI is InChI=1S/C21H41NO2/c1-2-3-4-5-6-7-8-9-10-11-12-13-14-15-16-18-21(24)22-19-17-20-23/h9-10,23H,2-8,11-20H2,1H3,(H,22,24). The Balaban J connectivity index is 3.16. The van der Waals surface area contributed by atoms with Gasteiger partial charge in [-0.05, 0) is 38.5 Å². The van der Waals surface area contributed by atoms with Crippen LogP contribution in [0.25, 0.3) is 0 Å². The molecule has 0 unspecified atom stereocenters. The first-order valence-corrected chi connectivity index (χ1v) is 10.3. The van der Waals surface area contributed by atoms with Crippen molar-refractivity contribution in [1.29, 1.82) is 0 Å². The third kappa shape index (κ3) is 19.2. The molecule has 3 nitrogen and oxygen atoms in total. The van der Waals surface area contributed by atoms with Gasteiger partial charge in [0.15, 0.2) is 0 Å². The molecule has 0 aromatic rings. The van der Waals surface area contributed by atoms with Crippen molar-refractivity contribution in [2.45, 2.75) is 103 Å². The minimum absolute atomic E-state index is 0.126. The number of allylic oxidation sites excluding steroid dienone is 2. The lowest BCUT2D eigenvalue weighted by Gasteiger charge is -2.03. The molecule has 0 atom stereocenters. The predicted octanol–water partition coefficient (Wildman–Crippen LogP) is 5.52. The van der Waals surface area contributed by atoms with Gasteiger partial charge in [0, 0.05) is 19.6 Å². The van der Waals surface area contributed by atoms with E-state index in [2.05, 4.69) is 24.4 Å². The number of carbonyl (C=O) groups is 1. The van der Waals surface area contributed by atoms with Crippen LogP contribution in [0.5, 0.6) is 0 Å². The summed E-state index contributed by atoms with van der Waals surface area (Å²) in [5.41, 5.74) is 0. The average Bonchev–Trinajstić information content (AvgIpc) is 2.58. The molecule has 0 bridgehead atoms. The molecular weight excluding hydrogens is 298 g/mol. The summed E-state index contributed by atoms with van der Waals surface area (Å²) in [5, 5.41) is 11.5. The van der Waals surface area contributed by atoms with Gasteiger partial charge in [-0.25, -0.2) is 0 Å². The van der Waals surface area contributed by atoms with Gasteiger partial charge in [-0.1, -0.05) is 70.4 Å². The second-order valence-electron chi connectivity index (χ2n) is 6.76. The molecule has 0 aliphatic heterocycles. The number of amides is 1.